The summed E-state index contributed by atoms with van der Waals surface area (Å²) >= 11 is 0. The van der Waals surface area contributed by atoms with E-state index in [0.717, 1.165) is 0 Å². The maximum atomic E-state index is 13.7. The van der Waals surface area contributed by atoms with Gasteiger partial charge in [-0.25, -0.2) is 9.97 Å². The molecule has 1 aliphatic heterocycles. The first kappa shape index (κ1) is 10.4. The van der Waals surface area contributed by atoms with Gasteiger partial charge in [-0.15, -0.1) is 13.2 Å². The van der Waals surface area contributed by atoms with E-state index < -0.39 is 121 Å². The highest BCUT2D eigenvalue weighted by molar-refractivity contribution is 5.98. The summed E-state index contributed by atoms with van der Waals surface area (Å²) in [5, 5.41) is 0. The minimum atomic E-state index is -5.29. The molecule has 1 aromatic heterocycles. The van der Waals surface area contributed by atoms with Crippen molar-refractivity contribution in [1.29, 1.82) is 0 Å². The number of amides is 1. The van der Waals surface area contributed by atoms with Crippen LogP contribution in [0.1, 0.15) is 31.3 Å². The number of hydrogen-bond donors (Lipinski definition) is 0. The molecule has 2 aromatic carbocycles. The number of halogens is 3. The van der Waals surface area contributed by atoms with E-state index in [-0.39, 0.29) is 0 Å². The van der Waals surface area contributed by atoms with Gasteiger partial charge in [-0.1, -0.05) is 18.2 Å². The van der Waals surface area contributed by atoms with Crippen LogP contribution in [0.25, 0.3) is 11.1 Å². The number of carbonyl (C=O) groups is 1. The number of hydrogen-bond acceptors (Lipinski definition) is 5. The normalized spacial score (nSPS) is 19.6. The Bertz CT molecular complexity index is 1580. The van der Waals surface area contributed by atoms with Crippen LogP contribution in [-0.2, 0) is 6.50 Å². The van der Waals surface area contributed by atoms with Crippen LogP contribution in [0.15, 0.2) is 60.7 Å². The highest BCUT2D eigenvalue weighted by atomic mass is 19.4. The maximum absolute atomic E-state index is 13.7. The Hall–Kier alpha value is -3.62. The zero-order valence-electron chi connectivity index (χ0n) is 25.7. The Morgan fingerprint density at radius 3 is 2.70 bits per heavy atom. The molecule has 2 heterocycles. The van der Waals surface area contributed by atoms with Crippen molar-refractivity contribution in [1.82, 2.24) is 14.9 Å². The Kier molecular flexibility index (Phi) is 2.78. The number of aromatic nitrogens is 2. The van der Waals surface area contributed by atoms with E-state index in [9.17, 15) is 18.0 Å². The van der Waals surface area contributed by atoms with Gasteiger partial charge in [0.05, 0.1) is 33.7 Å². The molecule has 6 nitrogen and oxygen atoms in total. The Morgan fingerprint density at radius 1 is 1.17 bits per heavy atom. The Labute approximate surface area is 185 Å². The monoisotopic (exact) mass is 426 g/mol. The largest absolute Gasteiger partial charge is 0.573 e. The van der Waals surface area contributed by atoms with Crippen molar-refractivity contribution < 1.29 is 42.5 Å². The molecule has 0 atom stereocenters. The second-order valence-electron chi connectivity index (χ2n) is 5.60. The van der Waals surface area contributed by atoms with Crippen LogP contribution in [-0.4, -0.2) is 40.3 Å². The van der Waals surface area contributed by atoms with Crippen molar-refractivity contribution in [2.24, 2.45) is 0 Å². The molecule has 0 N–H and O–H groups in total. The van der Waals surface area contributed by atoms with Gasteiger partial charge in [-0.05, 0) is 41.3 Å². The van der Waals surface area contributed by atoms with Crippen LogP contribution >= 0.6 is 0 Å². The third-order valence-corrected chi connectivity index (χ3v) is 3.61. The van der Waals surface area contributed by atoms with Crippen molar-refractivity contribution in [3.63, 3.8) is 0 Å². The molecule has 0 saturated carbocycles. The van der Waals surface area contributed by atoms with E-state index in [4.69, 9.17) is 19.8 Å². The van der Waals surface area contributed by atoms with Gasteiger partial charge in [0, 0.05) is 12.3 Å². The SMILES string of the molecule is [2H]c1cc(-c2c([2H])c([2H])c3c(c2[2H])C(=O)N(C([2H])([2H])c2nc([2H])c([2H])c([2H])n2)CCO3)c([2H])c([2H])c1OC(F)(F)F. The Balaban J connectivity index is 1.92. The lowest BCUT2D eigenvalue weighted by Gasteiger charge is -2.19. The van der Waals surface area contributed by atoms with Gasteiger partial charge in [0.15, 0.2) is 0 Å². The second kappa shape index (κ2) is 8.02. The quantitative estimate of drug-likeness (QED) is 0.629. The molecular formula is C21H16F3N3O3. The number of carbonyl (C=O) groups excluding carboxylic acids is 1. The number of rotatable bonds is 4. The molecule has 0 spiro atoms. The van der Waals surface area contributed by atoms with Crippen LogP contribution in [0.5, 0.6) is 11.5 Å². The lowest BCUT2D eigenvalue weighted by atomic mass is 10.0. The van der Waals surface area contributed by atoms with Crippen LogP contribution < -0.4 is 9.47 Å². The summed E-state index contributed by atoms with van der Waals surface area (Å²) in [5.74, 6) is -4.04. The third kappa shape index (κ3) is 4.51. The lowest BCUT2D eigenvalue weighted by molar-refractivity contribution is -0.274. The summed E-state index contributed by atoms with van der Waals surface area (Å²) in [6.07, 6.45) is -6.88. The number of benzene rings is 2. The van der Waals surface area contributed by atoms with Crippen LogP contribution in [0.3, 0.4) is 0 Å². The van der Waals surface area contributed by atoms with E-state index in [0.29, 0.717) is 11.0 Å². The summed E-state index contributed by atoms with van der Waals surface area (Å²) in [4.78, 5) is 21.3. The molecule has 30 heavy (non-hydrogen) atoms. The topological polar surface area (TPSA) is 64.6 Å². The highest BCUT2D eigenvalue weighted by Gasteiger charge is 2.31. The van der Waals surface area contributed by atoms with Gasteiger partial charge in [0.25, 0.3) is 5.91 Å². The number of ether oxygens (including phenoxy) is 2. The molecule has 4 rings (SSSR count). The zero-order valence-corrected chi connectivity index (χ0v) is 14.7. The average Bonchev–Trinajstić information content (AvgIpc) is 3.05. The fourth-order valence-corrected chi connectivity index (χ4v) is 2.39. The molecular weight excluding hydrogens is 399 g/mol. The van der Waals surface area contributed by atoms with E-state index in [1.54, 1.807) is 0 Å². The van der Waals surface area contributed by atoms with E-state index in [1.165, 1.54) is 0 Å². The summed E-state index contributed by atoms with van der Waals surface area (Å²) < 4.78 is 137. The van der Waals surface area contributed by atoms with E-state index in [2.05, 4.69) is 14.7 Å². The van der Waals surface area contributed by atoms with Gasteiger partial charge in [0.1, 0.15) is 23.9 Å². The van der Waals surface area contributed by atoms with Crippen LogP contribution in [0.4, 0.5) is 13.2 Å². The summed E-state index contributed by atoms with van der Waals surface area (Å²) in [5.41, 5.74) is -2.07. The molecule has 1 amide bonds. The maximum Gasteiger partial charge on any atom is 0.573 e. The standard InChI is InChI=1S/C21H16F3N3O3/c22-21(23,24)30-16-5-2-14(3-6-16)15-4-7-18-17(12-15)20(28)27(10-11-29-18)13-19-25-8-1-9-26-19/h1-9,12H,10-11,13H2/i1D,2D,4D,5D,6D,7D,8D,9D,12D,13D2. The fourth-order valence-electron chi connectivity index (χ4n) is 2.39. The average molecular weight is 426 g/mol. The first-order chi connectivity index (χ1) is 18.9. The van der Waals surface area contributed by atoms with Gasteiger partial charge < -0.3 is 14.4 Å². The lowest BCUT2D eigenvalue weighted by Crippen LogP contribution is -2.32. The third-order valence-electron chi connectivity index (χ3n) is 3.61. The minimum absolute atomic E-state index is 0.457. The summed E-state index contributed by atoms with van der Waals surface area (Å²) in [6.45, 7) is -3.94. The summed E-state index contributed by atoms with van der Waals surface area (Å²) in [6, 6.07) is -5.86. The predicted molar refractivity (Wildman–Crippen MR) is 101 cm³/mol. The van der Waals surface area contributed by atoms with Crippen LogP contribution in [0.2, 0.25) is 0 Å². The van der Waals surface area contributed by atoms with Crippen molar-refractivity contribution in [2.75, 3.05) is 13.2 Å². The molecule has 1 aliphatic rings. The van der Waals surface area contributed by atoms with Crippen molar-refractivity contribution in [2.45, 2.75) is 12.9 Å². The minimum Gasteiger partial charge on any atom is -0.491 e. The first-order valence-corrected chi connectivity index (χ1v) is 8.16. The predicted octanol–water partition coefficient (Wildman–Crippen LogP) is 4.08. The van der Waals surface area contributed by atoms with E-state index in [1.807, 2.05) is 0 Å². The van der Waals surface area contributed by atoms with Crippen molar-refractivity contribution >= 4 is 5.91 Å². The molecule has 0 fully saturated rings. The number of fused-ring (bicyclic) bond motifs is 1. The number of alkyl halides is 3. The molecule has 0 radical (unpaired) electrons. The summed E-state index contributed by atoms with van der Waals surface area (Å²) in [7, 11) is 0. The highest BCUT2D eigenvalue weighted by Crippen LogP contribution is 2.31. The van der Waals surface area contributed by atoms with Gasteiger partial charge in [-0.2, -0.15) is 0 Å². The second-order valence-corrected chi connectivity index (χ2v) is 5.60. The smallest absolute Gasteiger partial charge is 0.491 e. The molecule has 154 valence electrons. The molecule has 3 aromatic rings. The molecule has 9 heteroatoms. The van der Waals surface area contributed by atoms with E-state index >= 15 is 0 Å². The Morgan fingerprint density at radius 2 is 1.93 bits per heavy atom. The van der Waals surface area contributed by atoms with Gasteiger partial charge in [0.2, 0.25) is 0 Å². The zero-order chi connectivity index (χ0) is 30.8. The van der Waals surface area contributed by atoms with Crippen molar-refractivity contribution in [3.8, 4) is 22.6 Å². The fraction of sp³-hybridized carbons (Fsp3) is 0.190. The molecule has 0 aliphatic carbocycles. The van der Waals surface area contributed by atoms with Crippen LogP contribution in [0, 0.1) is 0 Å². The molecule has 0 unspecified atom stereocenters. The van der Waals surface area contributed by atoms with Gasteiger partial charge >= 0.3 is 6.36 Å². The van der Waals surface area contributed by atoms with Crippen molar-refractivity contribution in [3.05, 3.63) is 72.1 Å². The number of nitrogens with zero attached hydrogens (tertiary/aromatic N) is 3. The first-order valence-electron chi connectivity index (χ1n) is 13.7. The molecule has 0 bridgehead atoms. The van der Waals surface area contributed by atoms with Gasteiger partial charge in [-0.3, -0.25) is 4.79 Å². The molecule has 0 saturated heterocycles.